The lowest BCUT2D eigenvalue weighted by molar-refractivity contribution is -0.239. The molecule has 0 radical (unpaired) electrons. The number of benzene rings is 1. The molecule has 1 aromatic rings. The van der Waals surface area contributed by atoms with Gasteiger partial charge in [-0.2, -0.15) is 0 Å². The van der Waals surface area contributed by atoms with Gasteiger partial charge in [-0.3, -0.25) is 0 Å². The van der Waals surface area contributed by atoms with Crippen LogP contribution in [0.15, 0.2) is 29.8 Å². The van der Waals surface area contributed by atoms with Crippen LogP contribution in [0, 0.1) is 23.7 Å². The first-order valence-electron chi connectivity index (χ1n) is 13.0. The maximum Gasteiger partial charge on any atom is 0.162 e. The minimum Gasteiger partial charge on any atom is -0.396 e. The maximum atomic E-state index is 9.31. The third-order valence-corrected chi connectivity index (χ3v) is 7.90. The third-order valence-electron chi connectivity index (χ3n) is 7.90. The van der Waals surface area contributed by atoms with Crippen molar-refractivity contribution < 1.29 is 19.3 Å². The lowest BCUT2D eigenvalue weighted by atomic mass is 9.73. The first kappa shape index (κ1) is 24.7. The van der Waals surface area contributed by atoms with Crippen LogP contribution in [-0.4, -0.2) is 44.9 Å². The molecule has 3 aliphatic rings. The number of hydrogen-bond acceptors (Lipinski definition) is 4. The molecule has 4 heteroatoms. The van der Waals surface area contributed by atoms with E-state index in [0.29, 0.717) is 30.8 Å². The van der Waals surface area contributed by atoms with Crippen LogP contribution >= 0.6 is 0 Å². The highest BCUT2D eigenvalue weighted by Gasteiger charge is 2.35. The lowest BCUT2D eigenvalue weighted by Gasteiger charge is -2.39. The quantitative estimate of drug-likeness (QED) is 0.613. The fraction of sp³-hybridized carbons (Fsp3) is 0.655. The minimum absolute atomic E-state index is 0.105. The number of aryl methyl sites for hydroxylation is 1. The Morgan fingerprint density at radius 3 is 2.52 bits per heavy atom. The second-order valence-electron chi connectivity index (χ2n) is 10.2. The molecular weight excluding hydrogens is 412 g/mol. The molecule has 1 aliphatic heterocycles. The lowest BCUT2D eigenvalue weighted by Crippen LogP contribution is -2.42. The highest BCUT2D eigenvalue weighted by Crippen LogP contribution is 2.39. The average molecular weight is 455 g/mol. The summed E-state index contributed by atoms with van der Waals surface area (Å²) in [4.78, 5) is 0. The van der Waals surface area contributed by atoms with Crippen molar-refractivity contribution in [2.24, 2.45) is 23.7 Å². The van der Waals surface area contributed by atoms with E-state index in [4.69, 9.17) is 14.2 Å². The van der Waals surface area contributed by atoms with E-state index in [1.165, 1.54) is 48.1 Å². The van der Waals surface area contributed by atoms with Gasteiger partial charge in [0.1, 0.15) is 0 Å². The molecule has 2 fully saturated rings. The zero-order valence-electron chi connectivity index (χ0n) is 20.5. The van der Waals surface area contributed by atoms with Crippen molar-refractivity contribution in [1.29, 1.82) is 0 Å². The highest BCUT2D eigenvalue weighted by atomic mass is 16.7. The molecule has 0 amide bonds. The summed E-state index contributed by atoms with van der Waals surface area (Å²) in [6, 6.07) is 6.97. The molecule has 33 heavy (non-hydrogen) atoms. The van der Waals surface area contributed by atoms with Gasteiger partial charge in [0.25, 0.3) is 0 Å². The summed E-state index contributed by atoms with van der Waals surface area (Å²) in [5.74, 6) is 1.98. The average Bonchev–Trinajstić information content (AvgIpc) is 3.07. The summed E-state index contributed by atoms with van der Waals surface area (Å²) in [5, 5.41) is 12.1. The number of aliphatic hydroxyl groups excluding tert-OH is 1. The largest absolute Gasteiger partial charge is 0.396 e. The van der Waals surface area contributed by atoms with Gasteiger partial charge in [0.15, 0.2) is 6.29 Å². The van der Waals surface area contributed by atoms with E-state index in [-0.39, 0.29) is 18.8 Å². The summed E-state index contributed by atoms with van der Waals surface area (Å²) in [6.45, 7) is 4.49. The Bertz CT molecular complexity index is 883. The highest BCUT2D eigenvalue weighted by molar-refractivity contribution is 5.48. The monoisotopic (exact) mass is 454 g/mol. The van der Waals surface area contributed by atoms with Gasteiger partial charge in [0.2, 0.25) is 0 Å². The minimum atomic E-state index is -0.244. The van der Waals surface area contributed by atoms with Crippen molar-refractivity contribution >= 4 is 12.2 Å². The van der Waals surface area contributed by atoms with Crippen molar-refractivity contribution in [3.63, 3.8) is 0 Å². The Morgan fingerprint density at radius 1 is 1.03 bits per heavy atom. The fourth-order valence-corrected chi connectivity index (χ4v) is 5.91. The van der Waals surface area contributed by atoms with E-state index >= 15 is 0 Å². The molecule has 4 nitrogen and oxygen atoms in total. The van der Waals surface area contributed by atoms with Crippen LogP contribution in [0.5, 0.6) is 0 Å². The van der Waals surface area contributed by atoms with Gasteiger partial charge in [-0.25, -0.2) is 0 Å². The summed E-state index contributed by atoms with van der Waals surface area (Å²) in [6.07, 6.45) is 16.1. The molecule has 4 rings (SSSR count). The van der Waals surface area contributed by atoms with Gasteiger partial charge < -0.3 is 19.3 Å². The second-order valence-corrected chi connectivity index (χ2v) is 10.2. The van der Waals surface area contributed by atoms with Crippen LogP contribution in [-0.2, 0) is 20.6 Å². The first-order valence-corrected chi connectivity index (χ1v) is 13.0. The van der Waals surface area contributed by atoms with Gasteiger partial charge in [0, 0.05) is 25.6 Å². The number of fused-ring (bicyclic) bond motifs is 1. The fourth-order valence-electron chi connectivity index (χ4n) is 5.91. The molecular formula is C29H42O4. The summed E-state index contributed by atoms with van der Waals surface area (Å²) >= 11 is 0. The Labute approximate surface area is 199 Å². The number of aliphatic hydroxyl groups is 1. The Kier molecular flexibility index (Phi) is 9.19. The van der Waals surface area contributed by atoms with E-state index in [1.807, 2.05) is 0 Å². The van der Waals surface area contributed by atoms with Crippen LogP contribution in [0.1, 0.15) is 57.4 Å². The van der Waals surface area contributed by atoms with Crippen LogP contribution in [0.4, 0.5) is 0 Å². The smallest absolute Gasteiger partial charge is 0.162 e. The predicted octanol–water partition coefficient (Wildman–Crippen LogP) is 3.97. The SMILES string of the molecule is CCCc1ccc2c(c1)=CC=C(C1CCC(C3COC(C(CCO)COC)OC3)CC1)CC=2. The standard InChI is InChI=1S/C29H42O4/c1-3-4-21-5-6-24-10-7-23(13-14-26(24)17-21)22-8-11-25(12-9-22)28-19-32-29(33-20-28)27(15-16-30)18-31-2/h5-6,10,13-14,17,22,25,27-30H,3-4,7-9,11-12,15-16,18-20H2,1-2H3. The number of allylic oxidation sites excluding steroid dienone is 2. The van der Waals surface area contributed by atoms with Crippen molar-refractivity contribution in [3.05, 3.63) is 45.8 Å². The summed E-state index contributed by atoms with van der Waals surface area (Å²) in [7, 11) is 1.69. The van der Waals surface area contributed by atoms with E-state index in [0.717, 1.165) is 26.1 Å². The second kappa shape index (κ2) is 12.3. The van der Waals surface area contributed by atoms with Crippen LogP contribution < -0.4 is 10.4 Å². The molecule has 0 bridgehead atoms. The van der Waals surface area contributed by atoms with Crippen LogP contribution in [0.2, 0.25) is 0 Å². The third kappa shape index (κ3) is 6.36. The molecule has 0 aromatic heterocycles. The number of hydrogen-bond donors (Lipinski definition) is 1. The Hall–Kier alpha value is -1.46. The van der Waals surface area contributed by atoms with Crippen molar-refractivity contribution in [2.75, 3.05) is 33.5 Å². The molecule has 1 N–H and O–H groups in total. The van der Waals surface area contributed by atoms with E-state index in [1.54, 1.807) is 12.7 Å². The molecule has 1 heterocycles. The molecule has 1 unspecified atom stereocenters. The van der Waals surface area contributed by atoms with Crippen LogP contribution in [0.25, 0.3) is 12.2 Å². The Balaban J connectivity index is 1.29. The van der Waals surface area contributed by atoms with Crippen molar-refractivity contribution in [3.8, 4) is 0 Å². The predicted molar refractivity (Wildman–Crippen MR) is 133 cm³/mol. The zero-order valence-corrected chi connectivity index (χ0v) is 20.5. The molecule has 1 saturated heterocycles. The molecule has 182 valence electrons. The zero-order chi connectivity index (χ0) is 23.0. The summed E-state index contributed by atoms with van der Waals surface area (Å²) in [5.41, 5.74) is 3.05. The first-order chi connectivity index (χ1) is 16.2. The molecule has 1 saturated carbocycles. The van der Waals surface area contributed by atoms with Crippen molar-refractivity contribution in [1.82, 2.24) is 0 Å². The maximum absolute atomic E-state index is 9.31. The van der Waals surface area contributed by atoms with Gasteiger partial charge in [-0.1, -0.05) is 55.3 Å². The topological polar surface area (TPSA) is 47.9 Å². The molecule has 1 atom stereocenters. The van der Waals surface area contributed by atoms with E-state index in [9.17, 15) is 5.11 Å². The molecule has 1 aromatic carbocycles. The van der Waals surface area contributed by atoms with Gasteiger partial charge >= 0.3 is 0 Å². The normalized spacial score (nSPS) is 28.6. The number of rotatable bonds is 9. The number of methoxy groups -OCH3 is 1. The number of ether oxygens (including phenoxy) is 3. The van der Waals surface area contributed by atoms with Gasteiger partial charge in [-0.05, 0) is 72.8 Å². The Morgan fingerprint density at radius 2 is 1.82 bits per heavy atom. The van der Waals surface area contributed by atoms with E-state index < -0.39 is 0 Å². The van der Waals surface area contributed by atoms with Crippen LogP contribution in [0.3, 0.4) is 0 Å². The van der Waals surface area contributed by atoms with E-state index in [2.05, 4.69) is 43.4 Å². The molecule has 2 aliphatic carbocycles. The molecule has 0 spiro atoms. The van der Waals surface area contributed by atoms with Crippen molar-refractivity contribution in [2.45, 2.75) is 64.6 Å². The summed E-state index contributed by atoms with van der Waals surface area (Å²) < 4.78 is 17.5. The van der Waals surface area contributed by atoms with Gasteiger partial charge in [-0.15, -0.1) is 0 Å². The van der Waals surface area contributed by atoms with Gasteiger partial charge in [0.05, 0.1) is 19.8 Å².